The fraction of sp³-hybridized carbons (Fsp3) is 0.765. The minimum absolute atomic E-state index is 0.0378. The van der Waals surface area contributed by atoms with Crippen LogP contribution in [0.2, 0.25) is 0 Å². The summed E-state index contributed by atoms with van der Waals surface area (Å²) in [7, 11) is 0.627. The molecule has 27 heavy (non-hydrogen) atoms. The average Bonchev–Trinajstić information content (AvgIpc) is 3.00. The molecule has 1 saturated carbocycles. The van der Waals surface area contributed by atoms with E-state index in [9.17, 15) is 17.4 Å². The Morgan fingerprint density at radius 1 is 1.41 bits per heavy atom. The normalized spacial score (nSPS) is 22.5. The van der Waals surface area contributed by atoms with Gasteiger partial charge < -0.3 is 10.6 Å². The van der Waals surface area contributed by atoms with E-state index < -0.39 is 22.7 Å². The Kier molecular flexibility index (Phi) is 7.69. The summed E-state index contributed by atoms with van der Waals surface area (Å²) in [4.78, 5) is 4.32. The minimum Gasteiger partial charge on any atom is -0.357 e. The molecular weight excluding hydrogens is 379 g/mol. The van der Waals surface area contributed by atoms with E-state index in [0.29, 0.717) is 18.3 Å². The lowest BCUT2D eigenvalue weighted by Gasteiger charge is -2.30. The second-order valence-electron chi connectivity index (χ2n) is 6.67. The summed E-state index contributed by atoms with van der Waals surface area (Å²) in [6, 6.07) is 0.119. The zero-order valence-corrected chi connectivity index (χ0v) is 16.8. The van der Waals surface area contributed by atoms with Crippen LogP contribution in [0.15, 0.2) is 11.2 Å². The van der Waals surface area contributed by atoms with E-state index in [1.165, 1.54) is 13.2 Å². The van der Waals surface area contributed by atoms with Gasteiger partial charge in [-0.1, -0.05) is 13.3 Å². The van der Waals surface area contributed by atoms with Gasteiger partial charge in [0.25, 0.3) is 0 Å². The number of nitrogens with one attached hydrogen (secondary N) is 2. The summed E-state index contributed by atoms with van der Waals surface area (Å²) in [5, 5.41) is 10.0. The maximum Gasteiger partial charge on any atom is 0.435 e. The van der Waals surface area contributed by atoms with Crippen LogP contribution in [0.1, 0.15) is 50.8 Å². The van der Waals surface area contributed by atoms with Crippen LogP contribution in [0.25, 0.3) is 0 Å². The summed E-state index contributed by atoms with van der Waals surface area (Å²) in [6.07, 6.45) is 0.495. The summed E-state index contributed by atoms with van der Waals surface area (Å²) >= 11 is 0. The number of alkyl halides is 3. The van der Waals surface area contributed by atoms with Crippen molar-refractivity contribution in [2.75, 3.05) is 12.3 Å². The van der Waals surface area contributed by atoms with Gasteiger partial charge in [-0.3, -0.25) is 8.89 Å². The van der Waals surface area contributed by atoms with Crippen LogP contribution in [0.4, 0.5) is 13.2 Å². The molecule has 1 aliphatic rings. The van der Waals surface area contributed by atoms with E-state index in [1.54, 1.807) is 0 Å². The molecule has 0 spiro atoms. The molecule has 0 aromatic carbocycles. The van der Waals surface area contributed by atoms with E-state index in [0.717, 1.165) is 30.4 Å². The molecule has 0 radical (unpaired) electrons. The van der Waals surface area contributed by atoms with E-state index in [-0.39, 0.29) is 23.4 Å². The first kappa shape index (κ1) is 21.7. The van der Waals surface area contributed by atoms with Crippen molar-refractivity contribution in [2.24, 2.45) is 12.0 Å². The van der Waals surface area contributed by atoms with E-state index in [4.69, 9.17) is 0 Å². The van der Waals surface area contributed by atoms with Gasteiger partial charge in [0.15, 0.2) is 11.7 Å². The SMILES string of the molecule is CCNC(=NCc1cn(C)nc1C(F)(F)F)NC1CCCC(S(=O)CC)C1. The predicted molar refractivity (Wildman–Crippen MR) is 101 cm³/mol. The molecule has 2 rings (SSSR count). The van der Waals surface area contributed by atoms with Crippen LogP contribution >= 0.6 is 0 Å². The molecule has 0 bridgehead atoms. The summed E-state index contributed by atoms with van der Waals surface area (Å²) in [6.45, 7) is 4.31. The lowest BCUT2D eigenvalue weighted by molar-refractivity contribution is -0.142. The summed E-state index contributed by atoms with van der Waals surface area (Å²) in [5.41, 5.74) is -0.864. The Balaban J connectivity index is 2.08. The molecule has 1 heterocycles. The number of hydrogen-bond donors (Lipinski definition) is 2. The first-order valence-electron chi connectivity index (χ1n) is 9.26. The van der Waals surface area contributed by atoms with Gasteiger partial charge in [-0.05, 0) is 26.2 Å². The third-order valence-corrected chi connectivity index (χ3v) is 6.29. The monoisotopic (exact) mass is 407 g/mol. The number of hydrogen-bond acceptors (Lipinski definition) is 3. The maximum atomic E-state index is 13.1. The van der Waals surface area contributed by atoms with Crippen LogP contribution in [0.3, 0.4) is 0 Å². The van der Waals surface area contributed by atoms with Crippen molar-refractivity contribution in [2.45, 2.75) is 63.5 Å². The van der Waals surface area contributed by atoms with Crippen molar-refractivity contribution >= 4 is 16.8 Å². The van der Waals surface area contributed by atoms with Gasteiger partial charge in [-0.15, -0.1) is 0 Å². The zero-order valence-electron chi connectivity index (χ0n) is 16.0. The number of nitrogens with zero attached hydrogens (tertiary/aromatic N) is 3. The van der Waals surface area contributed by atoms with Gasteiger partial charge in [0.2, 0.25) is 0 Å². The number of halogens is 3. The third-order valence-electron chi connectivity index (χ3n) is 4.55. The van der Waals surface area contributed by atoms with Crippen LogP contribution in [-0.2, 0) is 30.6 Å². The Hall–Kier alpha value is -1.58. The Labute approximate surface area is 160 Å². The topological polar surface area (TPSA) is 71.3 Å². The molecule has 0 amide bonds. The van der Waals surface area contributed by atoms with Crippen LogP contribution < -0.4 is 10.6 Å². The Morgan fingerprint density at radius 2 is 2.15 bits per heavy atom. The van der Waals surface area contributed by atoms with Crippen LogP contribution in [0.5, 0.6) is 0 Å². The maximum absolute atomic E-state index is 13.1. The highest BCUT2D eigenvalue weighted by molar-refractivity contribution is 7.85. The van der Waals surface area contributed by atoms with Gasteiger partial charge in [0, 0.05) is 53.2 Å². The van der Waals surface area contributed by atoms with Crippen LogP contribution in [0, 0.1) is 0 Å². The number of aryl methyl sites for hydroxylation is 1. The molecule has 1 aromatic rings. The molecule has 3 atom stereocenters. The van der Waals surface area contributed by atoms with Gasteiger partial charge in [-0.2, -0.15) is 18.3 Å². The molecule has 10 heteroatoms. The van der Waals surface area contributed by atoms with Gasteiger partial charge in [-0.25, -0.2) is 4.99 Å². The zero-order chi connectivity index (χ0) is 20.0. The lowest BCUT2D eigenvalue weighted by Crippen LogP contribution is -2.46. The highest BCUT2D eigenvalue weighted by atomic mass is 32.2. The molecule has 3 unspecified atom stereocenters. The second-order valence-corrected chi connectivity index (χ2v) is 8.67. The molecule has 1 aliphatic carbocycles. The quantitative estimate of drug-likeness (QED) is 0.562. The minimum atomic E-state index is -4.50. The molecule has 1 aromatic heterocycles. The van der Waals surface area contributed by atoms with E-state index in [2.05, 4.69) is 20.7 Å². The van der Waals surface area contributed by atoms with Crippen LogP contribution in [-0.4, -0.2) is 43.5 Å². The Bertz CT molecular complexity index is 674. The number of aromatic nitrogens is 2. The van der Waals surface area contributed by atoms with Crippen molar-refractivity contribution in [3.8, 4) is 0 Å². The molecule has 0 aliphatic heterocycles. The summed E-state index contributed by atoms with van der Waals surface area (Å²) < 4.78 is 52.5. The largest absolute Gasteiger partial charge is 0.435 e. The van der Waals surface area contributed by atoms with Crippen molar-refractivity contribution in [1.82, 2.24) is 20.4 Å². The standard InChI is InChI=1S/C17H28F3N5OS/c1-4-21-16(23-13-7-6-8-14(9-13)27(26)5-2)22-10-12-11-25(3)24-15(12)17(18,19)20/h11,13-14H,4-10H2,1-3H3,(H2,21,22,23). The fourth-order valence-corrected chi connectivity index (χ4v) is 4.67. The fourth-order valence-electron chi connectivity index (χ4n) is 3.32. The first-order valence-corrected chi connectivity index (χ1v) is 10.6. The summed E-state index contributed by atoms with van der Waals surface area (Å²) in [5.74, 6) is 1.12. The van der Waals surface area contributed by atoms with Crippen molar-refractivity contribution in [3.05, 3.63) is 17.5 Å². The third kappa shape index (κ3) is 6.22. The van der Waals surface area contributed by atoms with E-state index in [1.807, 2.05) is 13.8 Å². The van der Waals surface area contributed by atoms with Gasteiger partial charge in [0.05, 0.1) is 6.54 Å². The van der Waals surface area contributed by atoms with Crippen molar-refractivity contribution in [1.29, 1.82) is 0 Å². The van der Waals surface area contributed by atoms with Crippen molar-refractivity contribution < 1.29 is 17.4 Å². The van der Waals surface area contributed by atoms with Crippen molar-refractivity contribution in [3.63, 3.8) is 0 Å². The predicted octanol–water partition coefficient (Wildman–Crippen LogP) is 2.57. The molecule has 1 fully saturated rings. The number of guanidine groups is 1. The molecule has 0 saturated heterocycles. The Morgan fingerprint density at radius 3 is 2.78 bits per heavy atom. The number of rotatable bonds is 6. The highest BCUT2D eigenvalue weighted by Crippen LogP contribution is 2.30. The number of aliphatic imine (C=N–C) groups is 1. The highest BCUT2D eigenvalue weighted by Gasteiger charge is 2.36. The molecular formula is C17H28F3N5OS. The van der Waals surface area contributed by atoms with E-state index >= 15 is 0 Å². The van der Waals surface area contributed by atoms with Gasteiger partial charge >= 0.3 is 6.18 Å². The molecule has 6 nitrogen and oxygen atoms in total. The second kappa shape index (κ2) is 9.57. The van der Waals surface area contributed by atoms with Gasteiger partial charge in [0.1, 0.15) is 0 Å². The first-order chi connectivity index (χ1) is 12.7. The smallest absolute Gasteiger partial charge is 0.357 e. The lowest BCUT2D eigenvalue weighted by atomic mass is 9.95. The molecule has 2 N–H and O–H groups in total. The molecule has 154 valence electrons. The average molecular weight is 408 g/mol.